The van der Waals surface area contributed by atoms with Crippen LogP contribution in [0, 0.1) is 6.92 Å². The van der Waals surface area contributed by atoms with E-state index >= 15 is 0 Å². The molecule has 1 amide bonds. The van der Waals surface area contributed by atoms with Crippen LogP contribution in [0.5, 0.6) is 11.5 Å². The summed E-state index contributed by atoms with van der Waals surface area (Å²) in [5.41, 5.74) is 0.897. The maximum atomic E-state index is 13.2. The lowest BCUT2D eigenvalue weighted by Gasteiger charge is -2.28. The van der Waals surface area contributed by atoms with E-state index in [0.717, 1.165) is 17.0 Å². The molecular weight excluding hydrogens is 493 g/mol. The summed E-state index contributed by atoms with van der Waals surface area (Å²) in [6.45, 7) is 2.81. The summed E-state index contributed by atoms with van der Waals surface area (Å²) in [6, 6.07) is 11.5. The number of ketones is 1. The molecule has 0 spiro atoms. The van der Waals surface area contributed by atoms with Crippen LogP contribution in [0.1, 0.15) is 23.1 Å². The predicted molar refractivity (Wildman–Crippen MR) is 127 cm³/mol. The van der Waals surface area contributed by atoms with Crippen molar-refractivity contribution in [2.45, 2.75) is 19.3 Å². The van der Waals surface area contributed by atoms with Gasteiger partial charge in [-0.25, -0.2) is 0 Å². The molecule has 0 bridgehead atoms. The zero-order valence-electron chi connectivity index (χ0n) is 19.7. The number of furan rings is 1. The molecule has 1 aromatic heterocycles. The minimum atomic E-state index is -4.88. The van der Waals surface area contributed by atoms with Crippen LogP contribution in [0.3, 0.4) is 0 Å². The number of benzene rings is 2. The maximum Gasteiger partial charge on any atom is 0.573 e. The van der Waals surface area contributed by atoms with Crippen molar-refractivity contribution in [3.05, 3.63) is 77.3 Å². The van der Waals surface area contributed by atoms with E-state index in [4.69, 9.17) is 9.15 Å². The molecule has 1 fully saturated rings. The Hall–Kier alpha value is -4.41. The Morgan fingerprint density at radius 1 is 1.08 bits per heavy atom. The van der Waals surface area contributed by atoms with Gasteiger partial charge in [-0.15, -0.1) is 13.2 Å². The van der Waals surface area contributed by atoms with Crippen molar-refractivity contribution in [1.29, 1.82) is 0 Å². The molecule has 3 aromatic rings. The molecule has 3 heterocycles. The van der Waals surface area contributed by atoms with Crippen molar-refractivity contribution >= 4 is 28.8 Å². The van der Waals surface area contributed by atoms with Gasteiger partial charge in [-0.3, -0.25) is 14.5 Å². The van der Waals surface area contributed by atoms with Gasteiger partial charge in [0.1, 0.15) is 41.4 Å². The minimum Gasteiger partial charge on any atom is -0.507 e. The number of hydrogen-bond donors (Lipinski definition) is 1. The molecule has 11 heteroatoms. The van der Waals surface area contributed by atoms with Gasteiger partial charge in [0.2, 0.25) is 0 Å². The van der Waals surface area contributed by atoms with Gasteiger partial charge in [0.05, 0.1) is 17.8 Å². The molecule has 1 unspecified atom stereocenters. The highest BCUT2D eigenvalue weighted by molar-refractivity contribution is 6.51. The average Bonchev–Trinajstić information content (AvgIpc) is 3.39. The fourth-order valence-electron chi connectivity index (χ4n) is 4.43. The third-order valence-corrected chi connectivity index (χ3v) is 6.15. The number of carbonyl (C=O) groups is 2. The summed E-state index contributed by atoms with van der Waals surface area (Å²) in [5, 5.41) is 11.3. The monoisotopic (exact) mass is 514 g/mol. The molecule has 2 aliphatic rings. The van der Waals surface area contributed by atoms with Crippen molar-refractivity contribution in [3.8, 4) is 11.5 Å². The molecule has 0 saturated carbocycles. The van der Waals surface area contributed by atoms with E-state index in [9.17, 15) is 27.9 Å². The zero-order valence-corrected chi connectivity index (χ0v) is 19.7. The van der Waals surface area contributed by atoms with Gasteiger partial charge in [0.15, 0.2) is 0 Å². The third kappa shape index (κ3) is 4.48. The molecular formula is C26H21F3N2O6. The van der Waals surface area contributed by atoms with E-state index in [1.165, 1.54) is 12.1 Å². The smallest absolute Gasteiger partial charge is 0.507 e. The Bertz CT molecular complexity index is 1410. The van der Waals surface area contributed by atoms with Gasteiger partial charge in [0.25, 0.3) is 11.7 Å². The predicted octanol–water partition coefficient (Wildman–Crippen LogP) is 4.94. The molecule has 8 nitrogen and oxygen atoms in total. The number of aliphatic hydroxyl groups excluding tert-OH is 1. The van der Waals surface area contributed by atoms with Gasteiger partial charge < -0.3 is 23.9 Å². The highest BCUT2D eigenvalue weighted by Gasteiger charge is 2.48. The van der Waals surface area contributed by atoms with Crippen LogP contribution < -0.4 is 19.3 Å². The first-order chi connectivity index (χ1) is 17.5. The number of halogens is 3. The molecule has 1 N–H and O–H groups in total. The average molecular weight is 514 g/mol. The van der Waals surface area contributed by atoms with E-state index in [0.29, 0.717) is 30.3 Å². The van der Waals surface area contributed by atoms with Gasteiger partial charge >= 0.3 is 6.36 Å². The first-order valence-electron chi connectivity index (χ1n) is 11.2. The van der Waals surface area contributed by atoms with Crippen LogP contribution in [0.15, 0.2) is 64.6 Å². The number of aliphatic hydroxyl groups is 1. The fraction of sp³-hybridized carbons (Fsp3) is 0.231. The Morgan fingerprint density at radius 3 is 2.46 bits per heavy atom. The largest absolute Gasteiger partial charge is 0.573 e. The Balaban J connectivity index is 1.61. The zero-order chi connectivity index (χ0) is 26.5. The van der Waals surface area contributed by atoms with Gasteiger partial charge in [0, 0.05) is 18.3 Å². The van der Waals surface area contributed by atoms with Crippen LogP contribution in [0.4, 0.5) is 24.5 Å². The molecule has 0 aliphatic carbocycles. The lowest BCUT2D eigenvalue weighted by Crippen LogP contribution is -2.29. The van der Waals surface area contributed by atoms with Crippen LogP contribution in [-0.2, 0) is 9.59 Å². The van der Waals surface area contributed by atoms with Crippen molar-refractivity contribution in [2.24, 2.45) is 0 Å². The second-order valence-corrected chi connectivity index (χ2v) is 8.61. The number of nitrogens with zero attached hydrogens (tertiary/aromatic N) is 2. The summed E-state index contributed by atoms with van der Waals surface area (Å²) < 4.78 is 53.0. The normalized spacial score (nSPS) is 19.1. The van der Waals surface area contributed by atoms with Gasteiger partial charge in [-0.1, -0.05) is 0 Å². The number of carbonyl (C=O) groups excluding carboxylic acids is 2. The lowest BCUT2D eigenvalue weighted by atomic mass is 9.98. The van der Waals surface area contributed by atoms with Crippen molar-refractivity contribution < 1.29 is 41.8 Å². The summed E-state index contributed by atoms with van der Waals surface area (Å²) in [4.78, 5) is 29.5. The number of aryl methyl sites for hydroxylation is 1. The summed E-state index contributed by atoms with van der Waals surface area (Å²) >= 11 is 0. The first-order valence-corrected chi connectivity index (χ1v) is 11.2. The highest BCUT2D eigenvalue weighted by atomic mass is 19.4. The molecule has 0 radical (unpaired) electrons. The molecule has 5 rings (SSSR count). The van der Waals surface area contributed by atoms with E-state index < -0.39 is 35.6 Å². The number of alkyl halides is 3. The molecule has 2 aliphatic heterocycles. The molecule has 1 atom stereocenters. The van der Waals surface area contributed by atoms with Crippen LogP contribution in [0.25, 0.3) is 5.76 Å². The van der Waals surface area contributed by atoms with E-state index in [-0.39, 0.29) is 22.6 Å². The Labute approximate surface area is 209 Å². The quantitative estimate of drug-likeness (QED) is 0.300. The van der Waals surface area contributed by atoms with Crippen LogP contribution in [0.2, 0.25) is 0 Å². The first kappa shape index (κ1) is 24.3. The SMILES string of the molecule is Cc1ccc(C2/C(=C(/O)c3ccc4c(c3)N(C)CCO4)C(=O)C(=O)N2c2ccc(OC(F)(F)F)cc2)o1. The number of amides is 1. The maximum absolute atomic E-state index is 13.2. The van der Waals surface area contributed by atoms with E-state index in [2.05, 4.69) is 4.74 Å². The van der Waals surface area contributed by atoms with Crippen molar-refractivity contribution in [2.75, 3.05) is 30.0 Å². The second-order valence-electron chi connectivity index (χ2n) is 8.61. The highest BCUT2D eigenvalue weighted by Crippen LogP contribution is 2.44. The summed E-state index contributed by atoms with van der Waals surface area (Å²) in [6.07, 6.45) is -4.88. The molecule has 2 aromatic carbocycles. The van der Waals surface area contributed by atoms with E-state index in [1.807, 2.05) is 11.9 Å². The molecule has 1 saturated heterocycles. The Kier molecular flexibility index (Phi) is 5.85. The summed E-state index contributed by atoms with van der Waals surface area (Å²) in [5.74, 6) is -1.52. The second kappa shape index (κ2) is 8.91. The Morgan fingerprint density at radius 2 is 1.81 bits per heavy atom. The molecule has 37 heavy (non-hydrogen) atoms. The standard InChI is InChI=1S/C26H21F3N2O6/c1-14-3-9-20(36-14)22-21(23(32)15-4-10-19-18(13-15)30(2)11-12-35-19)24(33)25(34)31(22)16-5-7-17(8-6-16)37-26(27,28)29/h3-10,13,22,32H,11-12H2,1-2H3/b23-21-. The number of hydrogen-bond acceptors (Lipinski definition) is 7. The van der Waals surface area contributed by atoms with Crippen LogP contribution >= 0.6 is 0 Å². The number of rotatable bonds is 4. The number of Topliss-reactive ketones (excluding diaryl/α,β-unsaturated/α-hetero) is 1. The summed E-state index contributed by atoms with van der Waals surface area (Å²) in [7, 11) is 1.86. The number of fused-ring (bicyclic) bond motifs is 1. The van der Waals surface area contributed by atoms with Crippen molar-refractivity contribution in [1.82, 2.24) is 0 Å². The number of anilines is 2. The van der Waals surface area contributed by atoms with Gasteiger partial charge in [-0.05, 0) is 61.5 Å². The van der Waals surface area contributed by atoms with Crippen LogP contribution in [-0.4, -0.2) is 43.4 Å². The third-order valence-electron chi connectivity index (χ3n) is 6.15. The minimum absolute atomic E-state index is 0.119. The number of likely N-dealkylation sites (N-methyl/N-ethyl adjacent to an activating group) is 1. The number of ether oxygens (including phenoxy) is 2. The molecule has 192 valence electrons. The lowest BCUT2D eigenvalue weighted by molar-refractivity contribution is -0.274. The van der Waals surface area contributed by atoms with Crippen molar-refractivity contribution in [3.63, 3.8) is 0 Å². The fourth-order valence-corrected chi connectivity index (χ4v) is 4.43. The van der Waals surface area contributed by atoms with E-state index in [1.54, 1.807) is 37.3 Å². The topological polar surface area (TPSA) is 92.5 Å². The van der Waals surface area contributed by atoms with Gasteiger partial charge in [-0.2, -0.15) is 0 Å².